The molecule has 0 saturated carbocycles. The van der Waals surface area contributed by atoms with Crippen LogP contribution in [0.15, 0.2) is 29.8 Å². The van der Waals surface area contributed by atoms with E-state index in [1.165, 1.54) is 17.7 Å². The van der Waals surface area contributed by atoms with Crippen molar-refractivity contribution in [2.24, 2.45) is 0 Å². The summed E-state index contributed by atoms with van der Waals surface area (Å²) in [4.78, 5) is 2.34. The lowest BCUT2D eigenvalue weighted by Gasteiger charge is -2.24. The summed E-state index contributed by atoms with van der Waals surface area (Å²) in [6.45, 7) is 2.26. The Bertz CT molecular complexity index is 343. The Morgan fingerprint density at radius 2 is 1.73 bits per heavy atom. The van der Waals surface area contributed by atoms with Crippen molar-refractivity contribution in [1.82, 2.24) is 4.90 Å². The van der Waals surface area contributed by atoms with E-state index < -0.39 is 0 Å². The molecule has 80 valence electrons. The van der Waals surface area contributed by atoms with E-state index in [0.29, 0.717) is 0 Å². The Labute approximate surface area is 90.2 Å². The highest BCUT2D eigenvalue weighted by Gasteiger charge is 2.09. The molecule has 0 N–H and O–H groups in total. The smallest absolute Gasteiger partial charge is 0.123 e. The Balaban J connectivity index is 2.06. The van der Waals surface area contributed by atoms with Gasteiger partial charge in [0.15, 0.2) is 0 Å². The van der Waals surface area contributed by atoms with Crippen LogP contribution in [0.5, 0.6) is 0 Å². The summed E-state index contributed by atoms with van der Waals surface area (Å²) in [6, 6.07) is 6.70. The predicted octanol–water partition coefficient (Wildman–Crippen LogP) is 2.93. The third-order valence-electron chi connectivity index (χ3n) is 2.87. The molecule has 1 heterocycles. The topological polar surface area (TPSA) is 3.24 Å². The average molecular weight is 205 g/mol. The molecule has 2 rings (SSSR count). The molecule has 1 aliphatic heterocycles. The van der Waals surface area contributed by atoms with Crippen LogP contribution in [-0.2, 0) is 0 Å². The molecule has 0 unspecified atom stereocenters. The largest absolute Gasteiger partial charge is 0.306 e. The lowest BCUT2D eigenvalue weighted by Crippen LogP contribution is -2.26. The molecular formula is C13H16FN. The van der Waals surface area contributed by atoms with Crippen LogP contribution in [-0.4, -0.2) is 25.0 Å². The summed E-state index contributed by atoms with van der Waals surface area (Å²) in [7, 11) is 2.15. The van der Waals surface area contributed by atoms with Gasteiger partial charge in [0.25, 0.3) is 0 Å². The molecule has 1 aliphatic rings. The predicted molar refractivity (Wildman–Crippen MR) is 61.1 cm³/mol. The molecule has 1 saturated heterocycles. The van der Waals surface area contributed by atoms with Gasteiger partial charge in [-0.25, -0.2) is 4.39 Å². The second-order valence-electron chi connectivity index (χ2n) is 4.16. The van der Waals surface area contributed by atoms with Crippen LogP contribution in [0, 0.1) is 5.82 Å². The van der Waals surface area contributed by atoms with Gasteiger partial charge in [-0.1, -0.05) is 23.8 Å². The molecule has 1 fully saturated rings. The summed E-state index contributed by atoms with van der Waals surface area (Å²) in [5.74, 6) is -0.166. The minimum Gasteiger partial charge on any atom is -0.306 e. The molecule has 0 amide bonds. The van der Waals surface area contributed by atoms with Crippen molar-refractivity contribution in [3.05, 3.63) is 41.2 Å². The molecule has 1 aromatic carbocycles. The summed E-state index contributed by atoms with van der Waals surface area (Å²) in [6.07, 6.45) is 4.45. The molecule has 0 radical (unpaired) electrons. The van der Waals surface area contributed by atoms with E-state index in [1.807, 2.05) is 12.1 Å². The zero-order chi connectivity index (χ0) is 10.7. The van der Waals surface area contributed by atoms with E-state index in [-0.39, 0.29) is 5.82 Å². The monoisotopic (exact) mass is 205 g/mol. The fourth-order valence-electron chi connectivity index (χ4n) is 1.84. The maximum absolute atomic E-state index is 12.7. The quantitative estimate of drug-likeness (QED) is 0.681. The van der Waals surface area contributed by atoms with Gasteiger partial charge < -0.3 is 4.90 Å². The average Bonchev–Trinajstić information content (AvgIpc) is 2.25. The summed E-state index contributed by atoms with van der Waals surface area (Å²) in [5.41, 5.74) is 2.58. The molecule has 1 nitrogen and oxygen atoms in total. The Hall–Kier alpha value is -1.15. The van der Waals surface area contributed by atoms with E-state index in [2.05, 4.69) is 18.0 Å². The number of likely N-dealkylation sites (tertiary alicyclic amines) is 1. The fourth-order valence-corrected chi connectivity index (χ4v) is 1.84. The molecule has 0 bridgehead atoms. The first-order valence-corrected chi connectivity index (χ1v) is 5.37. The number of hydrogen-bond donors (Lipinski definition) is 0. The molecule has 1 aromatic rings. The highest BCUT2D eigenvalue weighted by Crippen LogP contribution is 2.18. The summed E-state index contributed by atoms with van der Waals surface area (Å²) >= 11 is 0. The maximum Gasteiger partial charge on any atom is 0.123 e. The Morgan fingerprint density at radius 3 is 2.33 bits per heavy atom. The standard InChI is InChI=1S/C13H16FN/c1-15-8-6-12(7-9-15)10-11-2-4-13(14)5-3-11/h2-5,10H,6-9H2,1H3. The molecule has 15 heavy (non-hydrogen) atoms. The van der Waals surface area contributed by atoms with Crippen molar-refractivity contribution in [3.63, 3.8) is 0 Å². The lowest BCUT2D eigenvalue weighted by atomic mass is 10.0. The van der Waals surface area contributed by atoms with E-state index in [9.17, 15) is 4.39 Å². The molecule has 0 aliphatic carbocycles. The zero-order valence-electron chi connectivity index (χ0n) is 9.04. The van der Waals surface area contributed by atoms with E-state index >= 15 is 0 Å². The fraction of sp³-hybridized carbons (Fsp3) is 0.385. The SMILES string of the molecule is CN1CCC(=Cc2ccc(F)cc2)CC1. The Kier molecular flexibility index (Phi) is 3.17. The lowest BCUT2D eigenvalue weighted by molar-refractivity contribution is 0.313. The van der Waals surface area contributed by atoms with Gasteiger partial charge in [0, 0.05) is 13.1 Å². The van der Waals surface area contributed by atoms with Crippen LogP contribution >= 0.6 is 0 Å². The highest BCUT2D eigenvalue weighted by atomic mass is 19.1. The van der Waals surface area contributed by atoms with Gasteiger partial charge in [0.2, 0.25) is 0 Å². The second-order valence-corrected chi connectivity index (χ2v) is 4.16. The van der Waals surface area contributed by atoms with Gasteiger partial charge >= 0.3 is 0 Å². The van der Waals surface area contributed by atoms with Crippen LogP contribution in [0.25, 0.3) is 6.08 Å². The molecular weight excluding hydrogens is 189 g/mol. The number of halogens is 1. The number of hydrogen-bond acceptors (Lipinski definition) is 1. The minimum atomic E-state index is -0.166. The van der Waals surface area contributed by atoms with E-state index in [0.717, 1.165) is 31.5 Å². The summed E-state index contributed by atoms with van der Waals surface area (Å²) < 4.78 is 12.7. The number of rotatable bonds is 1. The second kappa shape index (κ2) is 4.58. The van der Waals surface area contributed by atoms with Gasteiger partial charge in [0.05, 0.1) is 0 Å². The highest BCUT2D eigenvalue weighted by molar-refractivity contribution is 5.52. The van der Waals surface area contributed by atoms with Gasteiger partial charge in [0.1, 0.15) is 5.82 Å². The van der Waals surface area contributed by atoms with Crippen LogP contribution < -0.4 is 0 Å². The van der Waals surface area contributed by atoms with Gasteiger partial charge in [-0.15, -0.1) is 0 Å². The van der Waals surface area contributed by atoms with Crippen molar-refractivity contribution >= 4 is 6.08 Å². The minimum absolute atomic E-state index is 0.166. The first-order valence-electron chi connectivity index (χ1n) is 5.37. The third kappa shape index (κ3) is 2.90. The van der Waals surface area contributed by atoms with E-state index in [1.54, 1.807) is 0 Å². The van der Waals surface area contributed by atoms with Crippen LogP contribution in [0.2, 0.25) is 0 Å². The number of benzene rings is 1. The van der Waals surface area contributed by atoms with Crippen molar-refractivity contribution in [3.8, 4) is 0 Å². The first kappa shape index (κ1) is 10.4. The third-order valence-corrected chi connectivity index (χ3v) is 2.87. The number of piperidine rings is 1. The van der Waals surface area contributed by atoms with Crippen molar-refractivity contribution in [1.29, 1.82) is 0 Å². The molecule has 0 spiro atoms. The van der Waals surface area contributed by atoms with Gasteiger partial charge in [-0.2, -0.15) is 0 Å². The van der Waals surface area contributed by atoms with Crippen LogP contribution in [0.1, 0.15) is 18.4 Å². The molecule has 0 aromatic heterocycles. The molecule has 0 atom stereocenters. The zero-order valence-corrected chi connectivity index (χ0v) is 9.04. The van der Waals surface area contributed by atoms with Crippen molar-refractivity contribution < 1.29 is 4.39 Å². The number of nitrogens with zero attached hydrogens (tertiary/aromatic N) is 1. The maximum atomic E-state index is 12.7. The van der Waals surface area contributed by atoms with Crippen molar-refractivity contribution in [2.75, 3.05) is 20.1 Å². The Morgan fingerprint density at radius 1 is 1.13 bits per heavy atom. The van der Waals surface area contributed by atoms with Crippen LogP contribution in [0.3, 0.4) is 0 Å². The first-order chi connectivity index (χ1) is 7.24. The summed E-state index contributed by atoms with van der Waals surface area (Å²) in [5, 5.41) is 0. The van der Waals surface area contributed by atoms with Crippen LogP contribution in [0.4, 0.5) is 4.39 Å². The van der Waals surface area contributed by atoms with Gasteiger partial charge in [-0.05, 0) is 37.6 Å². The molecule has 2 heteroatoms. The van der Waals surface area contributed by atoms with Crippen molar-refractivity contribution in [2.45, 2.75) is 12.8 Å². The normalized spacial score (nSPS) is 17.9. The van der Waals surface area contributed by atoms with Gasteiger partial charge in [-0.3, -0.25) is 0 Å². The van der Waals surface area contributed by atoms with E-state index in [4.69, 9.17) is 0 Å².